The number of rotatable bonds is 5. The van der Waals surface area contributed by atoms with Crippen molar-refractivity contribution < 1.29 is 0 Å². The van der Waals surface area contributed by atoms with Crippen molar-refractivity contribution >= 4 is 0 Å². The van der Waals surface area contributed by atoms with E-state index in [1.165, 1.54) is 5.57 Å². The summed E-state index contributed by atoms with van der Waals surface area (Å²) in [4.78, 5) is 0. The van der Waals surface area contributed by atoms with E-state index in [0.29, 0.717) is 0 Å². The van der Waals surface area contributed by atoms with E-state index in [-0.39, 0.29) is 0 Å². The minimum absolute atomic E-state index is 0.782. The number of nitrogens with one attached hydrogen (secondary N) is 2. The molecule has 2 heteroatoms. The largest absolute Gasteiger partial charge is 0.329 e. The van der Waals surface area contributed by atoms with Gasteiger partial charge in [0.05, 0.1) is 0 Å². The highest BCUT2D eigenvalue weighted by Gasteiger charge is 1.77. The molecule has 0 saturated heterocycles. The zero-order valence-electron chi connectivity index (χ0n) is 6.35. The van der Waals surface area contributed by atoms with Crippen molar-refractivity contribution in [1.29, 1.82) is 0 Å². The van der Waals surface area contributed by atoms with Crippen LogP contribution in [0.2, 0.25) is 0 Å². The Morgan fingerprint density at radius 2 is 2.20 bits per heavy atom. The Kier molecular flexibility index (Phi) is 5.48. The van der Waals surface area contributed by atoms with Gasteiger partial charge in [0.15, 0.2) is 0 Å². The molecule has 0 saturated carbocycles. The number of hydrazine groups is 1. The topological polar surface area (TPSA) is 24.1 Å². The molecule has 0 aliphatic carbocycles. The highest BCUT2D eigenvalue weighted by atomic mass is 15.3. The van der Waals surface area contributed by atoms with Crippen LogP contribution >= 0.6 is 0 Å². The van der Waals surface area contributed by atoms with Gasteiger partial charge in [-0.15, -0.1) is 0 Å². The monoisotopic (exact) mass is 138 g/mol. The first-order chi connectivity index (χ1) is 4.81. The second-order valence-corrected chi connectivity index (χ2v) is 1.88. The molecule has 0 aromatic carbocycles. The van der Waals surface area contributed by atoms with E-state index in [1.807, 2.05) is 19.1 Å². The standard InChI is InChI=1S/C8H14N2/c1-4-8(3)6-7-10-9-5-2/h4-6,9-10H,1-2,7H2,3H3/b8-6-. The summed E-state index contributed by atoms with van der Waals surface area (Å²) < 4.78 is 0. The molecular weight excluding hydrogens is 124 g/mol. The summed E-state index contributed by atoms with van der Waals surface area (Å²) in [6.45, 7) is 9.89. The molecule has 0 unspecified atom stereocenters. The summed E-state index contributed by atoms with van der Waals surface area (Å²) in [5, 5.41) is 0. The van der Waals surface area contributed by atoms with Crippen LogP contribution in [0.15, 0.2) is 37.1 Å². The Balaban J connectivity index is 3.33. The molecule has 0 aromatic rings. The van der Waals surface area contributed by atoms with E-state index >= 15 is 0 Å². The van der Waals surface area contributed by atoms with Crippen LogP contribution in [0.1, 0.15) is 6.92 Å². The fourth-order valence-corrected chi connectivity index (χ4v) is 0.426. The summed E-state index contributed by atoms with van der Waals surface area (Å²) in [6.07, 6.45) is 5.44. The van der Waals surface area contributed by atoms with E-state index < -0.39 is 0 Å². The first-order valence-electron chi connectivity index (χ1n) is 3.19. The molecule has 0 heterocycles. The molecule has 2 nitrogen and oxygen atoms in total. The SMILES string of the molecule is C=CNNC/C=C(/C)C=C. The summed E-state index contributed by atoms with van der Waals surface area (Å²) in [7, 11) is 0. The van der Waals surface area contributed by atoms with Crippen LogP contribution in [0, 0.1) is 0 Å². The molecule has 0 amide bonds. The zero-order valence-corrected chi connectivity index (χ0v) is 6.35. The molecule has 0 atom stereocenters. The lowest BCUT2D eigenvalue weighted by Crippen LogP contribution is -2.26. The third-order valence-corrected chi connectivity index (χ3v) is 1.05. The fraction of sp³-hybridized carbons (Fsp3) is 0.250. The molecule has 10 heavy (non-hydrogen) atoms. The first kappa shape index (κ1) is 8.98. The number of hydrogen-bond acceptors (Lipinski definition) is 2. The summed E-state index contributed by atoms with van der Waals surface area (Å²) in [6, 6.07) is 0. The molecule has 0 aliphatic rings. The van der Waals surface area contributed by atoms with Crippen molar-refractivity contribution in [2.75, 3.05) is 6.54 Å². The molecule has 56 valence electrons. The third kappa shape index (κ3) is 5.12. The lowest BCUT2D eigenvalue weighted by molar-refractivity contribution is 0.682. The summed E-state index contributed by atoms with van der Waals surface area (Å²) >= 11 is 0. The van der Waals surface area contributed by atoms with Gasteiger partial charge in [0, 0.05) is 12.7 Å². The van der Waals surface area contributed by atoms with Gasteiger partial charge >= 0.3 is 0 Å². The minimum atomic E-state index is 0.782. The van der Waals surface area contributed by atoms with Crippen molar-refractivity contribution in [2.45, 2.75) is 6.92 Å². The Labute approximate surface area is 62.3 Å². The van der Waals surface area contributed by atoms with Gasteiger partial charge in [0.1, 0.15) is 0 Å². The molecule has 0 spiro atoms. The number of allylic oxidation sites excluding steroid dienone is 2. The molecule has 0 aliphatic heterocycles. The predicted molar refractivity (Wildman–Crippen MR) is 45.3 cm³/mol. The van der Waals surface area contributed by atoms with E-state index in [9.17, 15) is 0 Å². The second-order valence-electron chi connectivity index (χ2n) is 1.88. The third-order valence-electron chi connectivity index (χ3n) is 1.05. The maximum atomic E-state index is 3.62. The average Bonchev–Trinajstić information content (AvgIpc) is 1.98. The zero-order chi connectivity index (χ0) is 7.82. The van der Waals surface area contributed by atoms with Crippen LogP contribution in [0.3, 0.4) is 0 Å². The predicted octanol–water partition coefficient (Wildman–Crippen LogP) is 1.36. The quantitative estimate of drug-likeness (QED) is 0.340. The van der Waals surface area contributed by atoms with Crippen molar-refractivity contribution in [3.63, 3.8) is 0 Å². The van der Waals surface area contributed by atoms with Crippen LogP contribution < -0.4 is 10.9 Å². The molecule has 0 radical (unpaired) electrons. The number of hydrogen-bond donors (Lipinski definition) is 2. The van der Waals surface area contributed by atoms with Crippen LogP contribution in [-0.4, -0.2) is 6.54 Å². The Morgan fingerprint density at radius 1 is 1.50 bits per heavy atom. The Hall–Kier alpha value is -1.02. The van der Waals surface area contributed by atoms with E-state index in [1.54, 1.807) is 6.20 Å². The van der Waals surface area contributed by atoms with Gasteiger partial charge in [0.2, 0.25) is 0 Å². The maximum Gasteiger partial charge on any atom is 0.0334 e. The normalized spacial score (nSPS) is 10.7. The van der Waals surface area contributed by atoms with Crippen LogP contribution in [0.5, 0.6) is 0 Å². The first-order valence-corrected chi connectivity index (χ1v) is 3.19. The van der Waals surface area contributed by atoms with Crippen LogP contribution in [0.25, 0.3) is 0 Å². The van der Waals surface area contributed by atoms with E-state index in [2.05, 4.69) is 24.0 Å². The minimum Gasteiger partial charge on any atom is -0.329 e. The van der Waals surface area contributed by atoms with Gasteiger partial charge in [0.25, 0.3) is 0 Å². The van der Waals surface area contributed by atoms with Crippen molar-refractivity contribution in [2.24, 2.45) is 0 Å². The van der Waals surface area contributed by atoms with Crippen molar-refractivity contribution in [3.05, 3.63) is 37.1 Å². The van der Waals surface area contributed by atoms with Gasteiger partial charge in [-0.3, -0.25) is 0 Å². The molecule has 0 aromatic heterocycles. The summed E-state index contributed by atoms with van der Waals surface area (Å²) in [5.41, 5.74) is 6.84. The lowest BCUT2D eigenvalue weighted by Gasteiger charge is -1.98. The van der Waals surface area contributed by atoms with E-state index in [0.717, 1.165) is 6.54 Å². The van der Waals surface area contributed by atoms with Crippen LogP contribution in [-0.2, 0) is 0 Å². The second kappa shape index (κ2) is 6.11. The van der Waals surface area contributed by atoms with Gasteiger partial charge in [-0.1, -0.05) is 30.9 Å². The van der Waals surface area contributed by atoms with Gasteiger partial charge < -0.3 is 5.43 Å². The highest BCUT2D eigenvalue weighted by Crippen LogP contribution is 1.88. The molecule has 0 rings (SSSR count). The molecule has 0 fully saturated rings. The smallest absolute Gasteiger partial charge is 0.0334 e. The van der Waals surface area contributed by atoms with E-state index in [4.69, 9.17) is 0 Å². The molecule has 0 bridgehead atoms. The van der Waals surface area contributed by atoms with Crippen molar-refractivity contribution in [3.8, 4) is 0 Å². The maximum absolute atomic E-state index is 3.62. The lowest BCUT2D eigenvalue weighted by atomic mass is 10.3. The van der Waals surface area contributed by atoms with Crippen LogP contribution in [0.4, 0.5) is 0 Å². The average molecular weight is 138 g/mol. The molecular formula is C8H14N2. The Morgan fingerprint density at radius 3 is 2.70 bits per heavy atom. The van der Waals surface area contributed by atoms with Gasteiger partial charge in [-0.25, -0.2) is 5.43 Å². The van der Waals surface area contributed by atoms with Crippen molar-refractivity contribution in [1.82, 2.24) is 10.9 Å². The van der Waals surface area contributed by atoms with Gasteiger partial charge in [-0.2, -0.15) is 0 Å². The summed E-state index contributed by atoms with van der Waals surface area (Å²) in [5.74, 6) is 0. The van der Waals surface area contributed by atoms with Gasteiger partial charge in [-0.05, 0) is 6.92 Å². The fourth-order valence-electron chi connectivity index (χ4n) is 0.426. The highest BCUT2D eigenvalue weighted by molar-refractivity contribution is 5.12. The Bertz CT molecular complexity index is 136. The molecule has 2 N–H and O–H groups in total.